The molecule has 150 valence electrons. The van der Waals surface area contributed by atoms with Gasteiger partial charge in [-0.3, -0.25) is 14.8 Å². The lowest BCUT2D eigenvalue weighted by atomic mass is 10.2. The van der Waals surface area contributed by atoms with Crippen molar-refractivity contribution in [3.05, 3.63) is 36.0 Å². The van der Waals surface area contributed by atoms with E-state index < -0.39 is 37.5 Å². The number of aromatic nitrogens is 1. The minimum Gasteiger partial charge on any atom is -0.871 e. The van der Waals surface area contributed by atoms with Gasteiger partial charge in [0.15, 0.2) is 0 Å². The molecule has 1 aromatic heterocycles. The zero-order valence-electron chi connectivity index (χ0n) is 14.8. The molecule has 2 rings (SSSR count). The molecule has 0 atom stereocenters. The SMILES string of the molecule is O=C([O-])CN(CCN(CC(=O)[O-])Cc1ccc2cccc([O-])c2n1)CC(=O)[O-]. The number of carbonyl (C=O) groups is 3. The summed E-state index contributed by atoms with van der Waals surface area (Å²) in [6, 6.07) is 8.04. The highest BCUT2D eigenvalue weighted by Gasteiger charge is 2.12. The molecular formula is C18H17N3O7-4. The third kappa shape index (κ3) is 6.49. The Morgan fingerprint density at radius 2 is 1.39 bits per heavy atom. The van der Waals surface area contributed by atoms with E-state index in [2.05, 4.69) is 4.98 Å². The lowest BCUT2D eigenvalue weighted by Crippen LogP contribution is -2.48. The van der Waals surface area contributed by atoms with E-state index in [-0.39, 0.29) is 30.9 Å². The van der Waals surface area contributed by atoms with Gasteiger partial charge < -0.3 is 34.8 Å². The Kier molecular flexibility index (Phi) is 7.24. The van der Waals surface area contributed by atoms with Crippen LogP contribution in [0.5, 0.6) is 5.75 Å². The number of carbonyl (C=O) groups excluding carboxylic acids is 3. The maximum absolute atomic E-state index is 11.9. The Balaban J connectivity index is 2.12. The topological polar surface area (TPSA) is 163 Å². The second-order valence-corrected chi connectivity index (χ2v) is 6.17. The predicted octanol–water partition coefficient (Wildman–Crippen LogP) is -4.34. The largest absolute Gasteiger partial charge is 0.871 e. The highest BCUT2D eigenvalue weighted by molar-refractivity contribution is 5.83. The van der Waals surface area contributed by atoms with Gasteiger partial charge in [0, 0.05) is 39.3 Å². The predicted molar refractivity (Wildman–Crippen MR) is 87.9 cm³/mol. The minimum atomic E-state index is -1.47. The molecule has 0 amide bonds. The first-order valence-electron chi connectivity index (χ1n) is 8.34. The van der Waals surface area contributed by atoms with E-state index in [0.717, 1.165) is 4.90 Å². The molecule has 0 radical (unpaired) electrons. The average molecular weight is 387 g/mol. The summed E-state index contributed by atoms with van der Waals surface area (Å²) in [7, 11) is 0. The van der Waals surface area contributed by atoms with Crippen molar-refractivity contribution in [3.63, 3.8) is 0 Å². The number of fused-ring (bicyclic) bond motifs is 1. The van der Waals surface area contributed by atoms with Gasteiger partial charge in [0.25, 0.3) is 0 Å². The number of aliphatic carboxylic acids is 3. The number of carboxylic acid groups (broad SMARTS) is 3. The van der Waals surface area contributed by atoms with Gasteiger partial charge in [-0.1, -0.05) is 30.0 Å². The van der Waals surface area contributed by atoms with Crippen LogP contribution in [0.4, 0.5) is 0 Å². The molecule has 0 spiro atoms. The molecule has 0 saturated heterocycles. The van der Waals surface area contributed by atoms with E-state index in [0.29, 0.717) is 11.1 Å². The molecule has 28 heavy (non-hydrogen) atoms. The minimum absolute atomic E-state index is 0.0211. The molecule has 0 unspecified atom stereocenters. The first-order valence-corrected chi connectivity index (χ1v) is 8.34. The first kappa shape index (κ1) is 21.1. The molecule has 0 fully saturated rings. The van der Waals surface area contributed by atoms with Crippen molar-refractivity contribution in [2.75, 3.05) is 32.7 Å². The molecule has 0 aliphatic carbocycles. The van der Waals surface area contributed by atoms with Crippen molar-refractivity contribution < 1.29 is 34.8 Å². The fourth-order valence-corrected chi connectivity index (χ4v) is 2.74. The molecular weight excluding hydrogens is 370 g/mol. The lowest BCUT2D eigenvalue weighted by Gasteiger charge is -2.28. The third-order valence-electron chi connectivity index (χ3n) is 3.92. The molecule has 0 aliphatic rings. The maximum atomic E-state index is 11.9. The monoisotopic (exact) mass is 387 g/mol. The van der Waals surface area contributed by atoms with E-state index in [9.17, 15) is 34.8 Å². The van der Waals surface area contributed by atoms with Crippen LogP contribution in [-0.4, -0.2) is 65.4 Å². The standard InChI is InChI=1S/C18H21N3O7/c22-14-3-1-2-12-4-5-13(19-18(12)14)8-20(9-15(23)24)6-7-21(10-16(25)26)11-17(27)28/h1-5,22H,6-11H2,(H,23,24)(H,25,26)(H,27,28)/p-4. The number of carboxylic acids is 3. The summed E-state index contributed by atoms with van der Waals surface area (Å²) in [5.41, 5.74) is 0.687. The Labute approximate surface area is 160 Å². The molecule has 10 heteroatoms. The van der Waals surface area contributed by atoms with Crippen molar-refractivity contribution in [2.24, 2.45) is 0 Å². The van der Waals surface area contributed by atoms with Crippen molar-refractivity contribution in [1.29, 1.82) is 0 Å². The summed E-state index contributed by atoms with van der Waals surface area (Å²) in [5, 5.41) is 45.1. The number of hydrogen-bond donors (Lipinski definition) is 0. The molecule has 2 aromatic rings. The van der Waals surface area contributed by atoms with E-state index in [1.54, 1.807) is 24.3 Å². The second-order valence-electron chi connectivity index (χ2n) is 6.17. The van der Waals surface area contributed by atoms with Crippen molar-refractivity contribution >= 4 is 28.8 Å². The van der Waals surface area contributed by atoms with Crippen molar-refractivity contribution in [1.82, 2.24) is 14.8 Å². The van der Waals surface area contributed by atoms with Gasteiger partial charge in [0.1, 0.15) is 0 Å². The number of hydrogen-bond acceptors (Lipinski definition) is 10. The van der Waals surface area contributed by atoms with E-state index >= 15 is 0 Å². The van der Waals surface area contributed by atoms with Crippen molar-refractivity contribution in [2.45, 2.75) is 6.54 Å². The normalized spacial score (nSPS) is 11.2. The summed E-state index contributed by atoms with van der Waals surface area (Å²) < 4.78 is 0. The van der Waals surface area contributed by atoms with Crippen molar-refractivity contribution in [3.8, 4) is 5.75 Å². The van der Waals surface area contributed by atoms with Crippen LogP contribution in [0.2, 0.25) is 0 Å². The number of rotatable bonds is 11. The molecule has 10 nitrogen and oxygen atoms in total. The lowest BCUT2D eigenvalue weighted by molar-refractivity contribution is -0.311. The molecule has 1 aromatic carbocycles. The second kappa shape index (κ2) is 9.62. The van der Waals surface area contributed by atoms with Crippen LogP contribution in [0.1, 0.15) is 5.69 Å². The summed E-state index contributed by atoms with van der Waals surface area (Å²) in [5.74, 6) is -4.56. The maximum Gasteiger partial charge on any atom is 0.0627 e. The molecule has 0 aliphatic heterocycles. The van der Waals surface area contributed by atoms with E-state index in [1.165, 1.54) is 11.0 Å². The van der Waals surface area contributed by atoms with Gasteiger partial charge in [-0.05, 0) is 11.5 Å². The summed E-state index contributed by atoms with van der Waals surface area (Å²) in [6.45, 7) is -1.75. The first-order chi connectivity index (χ1) is 13.2. The zero-order valence-corrected chi connectivity index (χ0v) is 14.8. The highest BCUT2D eigenvalue weighted by atomic mass is 16.4. The molecule has 0 N–H and O–H groups in total. The summed E-state index contributed by atoms with van der Waals surface area (Å²) in [6.07, 6.45) is 0. The number of pyridine rings is 1. The van der Waals surface area contributed by atoms with E-state index in [1.807, 2.05) is 0 Å². The van der Waals surface area contributed by atoms with Gasteiger partial charge >= 0.3 is 0 Å². The Morgan fingerprint density at radius 3 is 2.00 bits per heavy atom. The zero-order chi connectivity index (χ0) is 20.7. The van der Waals surface area contributed by atoms with Crippen LogP contribution in [0.15, 0.2) is 30.3 Å². The Hall–Kier alpha value is -3.24. The average Bonchev–Trinajstić information content (AvgIpc) is 2.59. The van der Waals surface area contributed by atoms with Crippen LogP contribution in [0.25, 0.3) is 10.9 Å². The molecule has 1 heterocycles. The fraction of sp³-hybridized carbons (Fsp3) is 0.333. The summed E-state index contributed by atoms with van der Waals surface area (Å²) in [4.78, 5) is 39.2. The van der Waals surface area contributed by atoms with Gasteiger partial charge in [0.2, 0.25) is 0 Å². The van der Waals surface area contributed by atoms with Gasteiger partial charge in [-0.2, -0.15) is 0 Å². The molecule has 0 bridgehead atoms. The third-order valence-corrected chi connectivity index (χ3v) is 3.92. The molecule has 0 saturated carbocycles. The van der Waals surface area contributed by atoms with Gasteiger partial charge in [-0.25, -0.2) is 0 Å². The highest BCUT2D eigenvalue weighted by Crippen LogP contribution is 2.20. The van der Waals surface area contributed by atoms with Gasteiger partial charge in [0.05, 0.1) is 29.1 Å². The number of para-hydroxylation sites is 1. The van der Waals surface area contributed by atoms with Crippen LogP contribution in [0, 0.1) is 0 Å². The Morgan fingerprint density at radius 1 is 0.821 bits per heavy atom. The van der Waals surface area contributed by atoms with Crippen LogP contribution in [0.3, 0.4) is 0 Å². The van der Waals surface area contributed by atoms with Crippen LogP contribution >= 0.6 is 0 Å². The van der Waals surface area contributed by atoms with Crippen LogP contribution < -0.4 is 20.4 Å². The fourth-order valence-electron chi connectivity index (χ4n) is 2.74. The Bertz CT molecular complexity index is 855. The smallest absolute Gasteiger partial charge is 0.0627 e. The van der Waals surface area contributed by atoms with Gasteiger partial charge in [-0.15, -0.1) is 0 Å². The van der Waals surface area contributed by atoms with Crippen LogP contribution in [-0.2, 0) is 20.9 Å². The quantitative estimate of drug-likeness (QED) is 0.368. The van der Waals surface area contributed by atoms with E-state index in [4.69, 9.17) is 0 Å². The summed E-state index contributed by atoms with van der Waals surface area (Å²) >= 11 is 0. The number of benzene rings is 1. The number of nitrogens with zero attached hydrogens (tertiary/aromatic N) is 3.